The number of hydrogen-bond acceptors (Lipinski definition) is 6. The highest BCUT2D eigenvalue weighted by Gasteiger charge is 2.30. The number of amides is 2. The Morgan fingerprint density at radius 1 is 1.55 bits per heavy atom. The number of likely N-dealkylation sites (tertiary alicyclic amines) is 1. The Bertz CT molecular complexity index is 628. The lowest BCUT2D eigenvalue weighted by Gasteiger charge is -2.37. The van der Waals surface area contributed by atoms with Crippen molar-refractivity contribution in [2.45, 2.75) is 24.5 Å². The van der Waals surface area contributed by atoms with Crippen LogP contribution in [0, 0.1) is 5.92 Å². The third-order valence-electron chi connectivity index (χ3n) is 3.92. The maximum atomic E-state index is 12.4. The fourth-order valence-electron chi connectivity index (χ4n) is 2.60. The van der Waals surface area contributed by atoms with Gasteiger partial charge >= 0.3 is 6.03 Å². The molecule has 0 saturated carbocycles. The largest absolute Gasteiger partial charge is 0.332 e. The molecule has 3 heterocycles. The topological polar surface area (TPSA) is 75.9 Å². The van der Waals surface area contributed by atoms with Gasteiger partial charge in [-0.15, -0.1) is 0 Å². The van der Waals surface area contributed by atoms with Crippen molar-refractivity contribution in [1.29, 1.82) is 0 Å². The molecule has 2 aromatic rings. The fourth-order valence-corrected chi connectivity index (χ4v) is 3.72. The number of nitrogens with zero attached hydrogens (tertiary/aromatic N) is 5. The Morgan fingerprint density at radius 3 is 3.09 bits per heavy atom. The van der Waals surface area contributed by atoms with E-state index in [9.17, 15) is 4.79 Å². The van der Waals surface area contributed by atoms with Gasteiger partial charge in [0.2, 0.25) is 10.3 Å². The number of anilines is 1. The normalized spacial score (nSPS) is 21.8. The van der Waals surface area contributed by atoms with E-state index in [0.29, 0.717) is 22.8 Å². The maximum absolute atomic E-state index is 12.4. The van der Waals surface area contributed by atoms with Crippen LogP contribution in [0.15, 0.2) is 23.9 Å². The second-order valence-corrected chi connectivity index (χ2v) is 6.83. The Labute approximate surface area is 137 Å². The second-order valence-electron chi connectivity index (χ2n) is 5.31. The van der Waals surface area contributed by atoms with Crippen molar-refractivity contribution in [2.24, 2.45) is 5.92 Å². The number of nitrogens with one attached hydrogen (secondary N) is 1. The summed E-state index contributed by atoms with van der Waals surface area (Å²) in [4.78, 5) is 22.6. The molecule has 0 unspecified atom stereocenters. The number of thioether (sulfide) groups is 1. The van der Waals surface area contributed by atoms with E-state index in [2.05, 4.69) is 31.1 Å². The summed E-state index contributed by atoms with van der Waals surface area (Å²) in [6, 6.07) is 0.152. The minimum absolute atomic E-state index is 0.110. The first kappa shape index (κ1) is 15.3. The van der Waals surface area contributed by atoms with Gasteiger partial charge < -0.3 is 9.47 Å². The van der Waals surface area contributed by atoms with Crippen molar-refractivity contribution in [1.82, 2.24) is 23.8 Å². The second kappa shape index (κ2) is 6.66. The van der Waals surface area contributed by atoms with Crippen LogP contribution >= 0.6 is 23.3 Å². The van der Waals surface area contributed by atoms with Crippen molar-refractivity contribution in [3.8, 4) is 0 Å². The highest BCUT2D eigenvalue weighted by molar-refractivity contribution is 7.98. The van der Waals surface area contributed by atoms with Gasteiger partial charge in [-0.3, -0.25) is 5.32 Å². The molecular formula is C13H18N6OS2. The first-order valence-corrected chi connectivity index (χ1v) is 9.08. The molecule has 0 aliphatic carbocycles. The molecule has 1 fully saturated rings. The van der Waals surface area contributed by atoms with Gasteiger partial charge in [-0.25, -0.2) is 9.78 Å². The molecule has 2 aromatic heterocycles. The number of hydrogen-bond donors (Lipinski definition) is 1. The number of carbonyl (C=O) groups excluding carboxylic acids is 1. The molecule has 0 radical (unpaired) electrons. The highest BCUT2D eigenvalue weighted by atomic mass is 32.2. The van der Waals surface area contributed by atoms with Crippen molar-refractivity contribution < 1.29 is 4.79 Å². The molecule has 3 rings (SSSR count). The van der Waals surface area contributed by atoms with E-state index in [4.69, 9.17) is 0 Å². The zero-order chi connectivity index (χ0) is 15.5. The number of imidazole rings is 1. The fraction of sp³-hybridized carbons (Fsp3) is 0.538. The van der Waals surface area contributed by atoms with Crippen molar-refractivity contribution in [3.05, 3.63) is 18.7 Å². The predicted molar refractivity (Wildman–Crippen MR) is 87.3 cm³/mol. The molecule has 9 heteroatoms. The molecule has 0 bridgehead atoms. The van der Waals surface area contributed by atoms with Gasteiger partial charge in [0.15, 0.2) is 0 Å². The van der Waals surface area contributed by atoms with Gasteiger partial charge in [-0.1, -0.05) is 18.7 Å². The first-order valence-electron chi connectivity index (χ1n) is 7.08. The molecule has 2 amide bonds. The summed E-state index contributed by atoms with van der Waals surface area (Å²) in [5.74, 6) is 0.517. The van der Waals surface area contributed by atoms with Crippen LogP contribution in [0.3, 0.4) is 0 Å². The molecule has 0 spiro atoms. The molecule has 1 saturated heterocycles. The lowest BCUT2D eigenvalue weighted by molar-refractivity contribution is 0.149. The first-order chi connectivity index (χ1) is 10.7. The van der Waals surface area contributed by atoms with Crippen LogP contribution in [0.5, 0.6) is 0 Å². The predicted octanol–water partition coefficient (Wildman–Crippen LogP) is 2.57. The molecule has 0 aromatic carbocycles. The van der Waals surface area contributed by atoms with E-state index in [1.807, 2.05) is 23.7 Å². The number of piperidine rings is 1. The number of rotatable bonds is 3. The van der Waals surface area contributed by atoms with E-state index in [-0.39, 0.29) is 12.1 Å². The van der Waals surface area contributed by atoms with Gasteiger partial charge in [0.25, 0.3) is 0 Å². The van der Waals surface area contributed by atoms with Crippen molar-refractivity contribution in [3.63, 3.8) is 0 Å². The van der Waals surface area contributed by atoms with E-state index in [1.165, 1.54) is 23.3 Å². The maximum Gasteiger partial charge on any atom is 0.323 e. The SMILES string of the molecule is CSc1nsc(NC(=O)N2CC[C@@H](C)[C@@H](n3ccnc3)C2)n1. The Kier molecular flexibility index (Phi) is 4.63. The summed E-state index contributed by atoms with van der Waals surface area (Å²) in [5, 5.41) is 4.07. The van der Waals surface area contributed by atoms with Gasteiger partial charge in [-0.05, 0) is 18.6 Å². The Morgan fingerprint density at radius 2 is 2.41 bits per heavy atom. The lowest BCUT2D eigenvalue weighted by Crippen LogP contribution is -2.45. The third-order valence-corrected chi connectivity index (χ3v) is 5.21. The Hall–Kier alpha value is -1.61. The molecule has 118 valence electrons. The average molecular weight is 338 g/mol. The van der Waals surface area contributed by atoms with Crippen LogP contribution in [0.25, 0.3) is 0 Å². The molecule has 1 N–H and O–H groups in total. The quantitative estimate of drug-likeness (QED) is 0.871. The van der Waals surface area contributed by atoms with Gasteiger partial charge in [0.05, 0.1) is 12.4 Å². The monoisotopic (exact) mass is 338 g/mol. The molecule has 2 atom stereocenters. The number of carbonyl (C=O) groups is 1. The summed E-state index contributed by atoms with van der Waals surface area (Å²) >= 11 is 2.67. The van der Waals surface area contributed by atoms with Gasteiger partial charge in [0.1, 0.15) is 0 Å². The summed E-state index contributed by atoms with van der Waals surface area (Å²) in [5.41, 5.74) is 0. The van der Waals surface area contributed by atoms with Crippen LogP contribution in [-0.2, 0) is 0 Å². The average Bonchev–Trinajstić information content (AvgIpc) is 3.18. The smallest absolute Gasteiger partial charge is 0.323 e. The molecule has 7 nitrogen and oxygen atoms in total. The minimum Gasteiger partial charge on any atom is -0.332 e. The van der Waals surface area contributed by atoms with Crippen LogP contribution < -0.4 is 5.32 Å². The lowest BCUT2D eigenvalue weighted by atomic mass is 9.93. The minimum atomic E-state index is -0.110. The molecular weight excluding hydrogens is 320 g/mol. The Balaban J connectivity index is 1.65. The summed E-state index contributed by atoms with van der Waals surface area (Å²) < 4.78 is 6.23. The summed E-state index contributed by atoms with van der Waals surface area (Å²) in [6.45, 7) is 3.65. The molecule has 1 aliphatic heterocycles. The standard InChI is InChI=1S/C13H18N6OS2/c1-9-3-5-18(7-10(9)19-6-4-14-8-19)13(20)16-11-15-12(21-2)17-22-11/h4,6,8-10H,3,5,7H2,1-2H3,(H,15,16,17,20)/t9-,10+/m1/s1. The van der Waals surface area contributed by atoms with Crippen LogP contribution in [0.2, 0.25) is 0 Å². The van der Waals surface area contributed by atoms with Crippen molar-refractivity contribution in [2.75, 3.05) is 24.7 Å². The zero-order valence-corrected chi connectivity index (χ0v) is 14.1. The third kappa shape index (κ3) is 3.25. The van der Waals surface area contributed by atoms with E-state index < -0.39 is 0 Å². The summed E-state index contributed by atoms with van der Waals surface area (Å²) in [7, 11) is 0. The van der Waals surface area contributed by atoms with Crippen LogP contribution in [-0.4, -0.2) is 49.2 Å². The molecule has 1 aliphatic rings. The van der Waals surface area contributed by atoms with Crippen molar-refractivity contribution >= 4 is 34.5 Å². The van der Waals surface area contributed by atoms with E-state index >= 15 is 0 Å². The van der Waals surface area contributed by atoms with Gasteiger partial charge in [-0.2, -0.15) is 9.36 Å². The van der Waals surface area contributed by atoms with Crippen LogP contribution in [0.1, 0.15) is 19.4 Å². The number of aromatic nitrogens is 4. The van der Waals surface area contributed by atoms with E-state index in [1.54, 1.807) is 6.20 Å². The highest BCUT2D eigenvalue weighted by Crippen LogP contribution is 2.28. The molecule has 22 heavy (non-hydrogen) atoms. The zero-order valence-electron chi connectivity index (χ0n) is 12.5. The summed E-state index contributed by atoms with van der Waals surface area (Å²) in [6.07, 6.45) is 8.44. The number of urea groups is 1. The van der Waals surface area contributed by atoms with Gasteiger partial charge in [0, 0.05) is 37.0 Å². The van der Waals surface area contributed by atoms with Crippen LogP contribution in [0.4, 0.5) is 9.93 Å². The van der Waals surface area contributed by atoms with E-state index in [0.717, 1.165) is 13.0 Å².